The van der Waals surface area contributed by atoms with E-state index in [4.69, 9.17) is 14.6 Å². The first-order chi connectivity index (χ1) is 18.4. The Morgan fingerprint density at radius 1 is 0.737 bits per heavy atom. The Morgan fingerprint density at radius 2 is 1.26 bits per heavy atom. The topological polar surface area (TPSA) is 134 Å². The highest BCUT2D eigenvalue weighted by Crippen LogP contribution is 2.14. The molecule has 0 aromatic rings. The number of unbranched alkanes of at least 4 members (excludes halogenated alkanes) is 11. The van der Waals surface area contributed by atoms with E-state index in [1.165, 1.54) is 38.5 Å². The van der Waals surface area contributed by atoms with Gasteiger partial charge in [-0.15, -0.1) is 0 Å². The van der Waals surface area contributed by atoms with Crippen LogP contribution < -0.4 is 10.6 Å². The van der Waals surface area contributed by atoms with Gasteiger partial charge in [0.15, 0.2) is 0 Å². The summed E-state index contributed by atoms with van der Waals surface area (Å²) in [5.74, 6) is -0.824. The summed E-state index contributed by atoms with van der Waals surface area (Å²) in [4.78, 5) is 32.9. The van der Waals surface area contributed by atoms with Crippen molar-refractivity contribution < 1.29 is 34.1 Å². The van der Waals surface area contributed by atoms with Crippen LogP contribution in [0.1, 0.15) is 103 Å². The number of aliphatic carboxylic acids is 1. The van der Waals surface area contributed by atoms with E-state index in [0.717, 1.165) is 44.2 Å². The minimum absolute atomic E-state index is 0.0509. The summed E-state index contributed by atoms with van der Waals surface area (Å²) in [5, 5.41) is 24.5. The highest BCUT2D eigenvalue weighted by Gasteiger charge is 2.15. The highest BCUT2D eigenvalue weighted by molar-refractivity contribution is 5.76. The molecule has 0 bridgehead atoms. The van der Waals surface area contributed by atoms with Crippen molar-refractivity contribution in [3.05, 3.63) is 24.6 Å². The summed E-state index contributed by atoms with van der Waals surface area (Å²) in [5.41, 5.74) is 0.794. The van der Waals surface area contributed by atoms with Gasteiger partial charge in [-0.1, -0.05) is 77.4 Å². The molecule has 0 heterocycles. The number of allylic oxidation sites excluding steroid dienone is 1. The van der Waals surface area contributed by atoms with Crippen LogP contribution in [-0.2, 0) is 23.9 Å². The van der Waals surface area contributed by atoms with Gasteiger partial charge in [0, 0.05) is 25.1 Å². The summed E-state index contributed by atoms with van der Waals surface area (Å²) in [6, 6.07) is -0.496. The number of rotatable bonds is 29. The van der Waals surface area contributed by atoms with Crippen LogP contribution in [0.3, 0.4) is 0 Å². The van der Waals surface area contributed by atoms with Crippen molar-refractivity contribution >= 4 is 18.2 Å². The van der Waals surface area contributed by atoms with E-state index in [2.05, 4.69) is 23.8 Å². The summed E-state index contributed by atoms with van der Waals surface area (Å²) in [7, 11) is 0. The summed E-state index contributed by atoms with van der Waals surface area (Å²) in [6.07, 6.45) is 15.7. The van der Waals surface area contributed by atoms with Crippen LogP contribution >= 0.6 is 0 Å². The minimum atomic E-state index is -0.701. The summed E-state index contributed by atoms with van der Waals surface area (Å²) in [6.45, 7) is 9.50. The fraction of sp³-hybridized carbons (Fsp3) is 0.759. The molecule has 1 amide bonds. The summed E-state index contributed by atoms with van der Waals surface area (Å²) >= 11 is 0. The molecule has 9 heteroatoms. The zero-order valence-corrected chi connectivity index (χ0v) is 23.4. The quantitative estimate of drug-likeness (QED) is 0.0577. The van der Waals surface area contributed by atoms with E-state index in [1.54, 1.807) is 0 Å². The molecular weight excluding hydrogens is 488 g/mol. The van der Waals surface area contributed by atoms with E-state index in [0.29, 0.717) is 51.9 Å². The molecule has 1 atom stereocenters. The van der Waals surface area contributed by atoms with Gasteiger partial charge in [-0.25, -0.2) is 0 Å². The molecule has 0 rings (SSSR count). The third-order valence-electron chi connectivity index (χ3n) is 6.20. The number of aldehydes is 1. The number of aliphatic hydroxyl groups is 1. The van der Waals surface area contributed by atoms with Gasteiger partial charge in [0.1, 0.15) is 18.7 Å². The van der Waals surface area contributed by atoms with Crippen LogP contribution in [0.15, 0.2) is 24.6 Å². The Bertz CT molecular complexity index is 655. The number of carboxylic acid groups (broad SMARTS) is 1. The van der Waals surface area contributed by atoms with Crippen LogP contribution in [0.4, 0.5) is 0 Å². The van der Waals surface area contributed by atoms with Crippen molar-refractivity contribution in [1.82, 2.24) is 10.6 Å². The molecule has 1 unspecified atom stereocenters. The fourth-order valence-electron chi connectivity index (χ4n) is 3.98. The molecule has 0 fully saturated rings. The average molecular weight is 541 g/mol. The lowest BCUT2D eigenvalue weighted by Crippen LogP contribution is -2.36. The second-order valence-corrected chi connectivity index (χ2v) is 9.67. The van der Waals surface area contributed by atoms with E-state index in [1.807, 2.05) is 0 Å². The molecule has 0 spiro atoms. The maximum absolute atomic E-state index is 12.3. The zero-order chi connectivity index (χ0) is 28.3. The molecule has 0 aliphatic rings. The SMILES string of the molecule is C=C(CCC(NC(=O)CCCCCCCCCCCCCCC(=O)O)C(=C)O)NCCOCCOCC=O. The lowest BCUT2D eigenvalue weighted by molar-refractivity contribution is -0.137. The molecule has 4 N–H and O–H groups in total. The van der Waals surface area contributed by atoms with E-state index < -0.39 is 12.0 Å². The molecular formula is C29H52N2O7. The zero-order valence-electron chi connectivity index (χ0n) is 23.4. The van der Waals surface area contributed by atoms with Crippen molar-refractivity contribution in [2.24, 2.45) is 0 Å². The molecule has 220 valence electrons. The normalized spacial score (nSPS) is 11.6. The Balaban J connectivity index is 3.69. The molecule has 0 saturated heterocycles. The number of nitrogens with one attached hydrogen (secondary N) is 2. The van der Waals surface area contributed by atoms with E-state index >= 15 is 0 Å². The Labute approximate surface area is 229 Å². The molecule has 0 aliphatic heterocycles. The smallest absolute Gasteiger partial charge is 0.303 e. The first kappa shape index (κ1) is 35.6. The second-order valence-electron chi connectivity index (χ2n) is 9.67. The van der Waals surface area contributed by atoms with Crippen molar-refractivity contribution in [3.8, 4) is 0 Å². The number of carbonyl (C=O) groups excluding carboxylic acids is 2. The standard InChI is InChI=1S/C29H52N2O7/c1-25(30-19-21-37-23-24-38-22-20-32)17-18-27(26(2)33)31-28(34)15-13-11-9-7-5-3-4-6-8-10-12-14-16-29(35)36/h20,27,30,33H,1-19,21-24H2,(H,31,34)(H,35,36). The second kappa shape index (κ2) is 26.2. The van der Waals surface area contributed by atoms with Gasteiger partial charge in [0.05, 0.1) is 25.9 Å². The average Bonchev–Trinajstić information content (AvgIpc) is 2.87. The fourth-order valence-corrected chi connectivity index (χ4v) is 3.98. The number of ether oxygens (including phenoxy) is 2. The Kier molecular flexibility index (Phi) is 24.6. The number of aliphatic hydroxyl groups excluding tert-OH is 1. The van der Waals surface area contributed by atoms with Gasteiger partial charge < -0.3 is 35.1 Å². The third-order valence-corrected chi connectivity index (χ3v) is 6.20. The molecule has 9 nitrogen and oxygen atoms in total. The first-order valence-electron chi connectivity index (χ1n) is 14.3. The molecule has 0 saturated carbocycles. The third kappa shape index (κ3) is 25.3. The molecule has 0 aliphatic carbocycles. The number of amides is 1. The summed E-state index contributed by atoms with van der Waals surface area (Å²) < 4.78 is 10.4. The van der Waals surface area contributed by atoms with Crippen LogP contribution in [0.5, 0.6) is 0 Å². The maximum Gasteiger partial charge on any atom is 0.303 e. The lowest BCUT2D eigenvalue weighted by Gasteiger charge is -2.19. The van der Waals surface area contributed by atoms with Crippen LogP contribution in [0.2, 0.25) is 0 Å². The molecule has 0 radical (unpaired) electrons. The van der Waals surface area contributed by atoms with Crippen molar-refractivity contribution in [3.63, 3.8) is 0 Å². The van der Waals surface area contributed by atoms with E-state index in [-0.39, 0.29) is 24.7 Å². The van der Waals surface area contributed by atoms with Gasteiger partial charge in [-0.2, -0.15) is 0 Å². The van der Waals surface area contributed by atoms with Crippen molar-refractivity contribution in [2.75, 3.05) is 33.0 Å². The Hall–Kier alpha value is -2.39. The maximum atomic E-state index is 12.3. The predicted octanol–water partition coefficient (Wildman–Crippen LogP) is 5.20. The monoisotopic (exact) mass is 540 g/mol. The Morgan fingerprint density at radius 3 is 1.79 bits per heavy atom. The van der Waals surface area contributed by atoms with Crippen molar-refractivity contribution in [1.29, 1.82) is 0 Å². The van der Waals surface area contributed by atoms with Crippen molar-refractivity contribution in [2.45, 2.75) is 109 Å². The largest absolute Gasteiger partial charge is 0.511 e. The molecule has 0 aromatic heterocycles. The predicted molar refractivity (Wildman–Crippen MR) is 150 cm³/mol. The van der Waals surface area contributed by atoms with Gasteiger partial charge in [-0.05, 0) is 25.7 Å². The van der Waals surface area contributed by atoms with Gasteiger partial charge >= 0.3 is 5.97 Å². The van der Waals surface area contributed by atoms with Crippen LogP contribution in [0, 0.1) is 0 Å². The highest BCUT2D eigenvalue weighted by atomic mass is 16.5. The van der Waals surface area contributed by atoms with Crippen LogP contribution in [-0.4, -0.2) is 67.4 Å². The molecule has 38 heavy (non-hydrogen) atoms. The number of carbonyl (C=O) groups is 3. The number of hydrogen-bond acceptors (Lipinski definition) is 7. The first-order valence-corrected chi connectivity index (χ1v) is 14.3. The number of carboxylic acids is 1. The number of hydrogen-bond donors (Lipinski definition) is 4. The van der Waals surface area contributed by atoms with Gasteiger partial charge in [-0.3, -0.25) is 9.59 Å². The lowest BCUT2D eigenvalue weighted by atomic mass is 10.0. The minimum Gasteiger partial charge on any atom is -0.511 e. The van der Waals surface area contributed by atoms with Gasteiger partial charge in [0.25, 0.3) is 0 Å². The molecule has 0 aromatic carbocycles. The van der Waals surface area contributed by atoms with E-state index in [9.17, 15) is 19.5 Å². The van der Waals surface area contributed by atoms with Crippen LogP contribution in [0.25, 0.3) is 0 Å². The van der Waals surface area contributed by atoms with Gasteiger partial charge in [0.2, 0.25) is 5.91 Å².